The highest BCUT2D eigenvalue weighted by atomic mass is 16.4. The van der Waals surface area contributed by atoms with E-state index in [0.717, 1.165) is 0 Å². The quantitative estimate of drug-likeness (QED) is 0.700. The number of likely N-dealkylation sites (tertiary alicyclic amines) is 1. The van der Waals surface area contributed by atoms with Gasteiger partial charge in [0.25, 0.3) is 0 Å². The molecular weight excluding hydrogens is 194 g/mol. The highest BCUT2D eigenvalue weighted by molar-refractivity contribution is 5.93. The summed E-state index contributed by atoms with van der Waals surface area (Å²) >= 11 is 0. The van der Waals surface area contributed by atoms with Crippen LogP contribution >= 0.6 is 0 Å². The number of carboxylic acid groups (broad SMARTS) is 1. The molecule has 84 valence electrons. The van der Waals surface area contributed by atoms with Gasteiger partial charge in [-0.3, -0.25) is 9.59 Å². The standard InChI is InChI=1S/C11H17NO3/c1-4-8(2)9(13)12-6-5-11(3,7-12)10(14)15/h4H,5-7H2,1-3H3,(H,14,15)/b8-4+/t11-/m1/s1. The van der Waals surface area contributed by atoms with Gasteiger partial charge >= 0.3 is 5.97 Å². The van der Waals surface area contributed by atoms with E-state index in [2.05, 4.69) is 0 Å². The Balaban J connectivity index is 2.73. The van der Waals surface area contributed by atoms with Gasteiger partial charge in [0.2, 0.25) is 5.91 Å². The first-order valence-electron chi connectivity index (χ1n) is 5.06. The van der Waals surface area contributed by atoms with E-state index in [1.54, 1.807) is 31.7 Å². The smallest absolute Gasteiger partial charge is 0.311 e. The molecule has 0 saturated carbocycles. The largest absolute Gasteiger partial charge is 0.481 e. The minimum absolute atomic E-state index is 0.0533. The molecule has 4 nitrogen and oxygen atoms in total. The molecule has 0 bridgehead atoms. The first-order valence-corrected chi connectivity index (χ1v) is 5.06. The summed E-state index contributed by atoms with van der Waals surface area (Å²) in [5.41, 5.74) is -0.103. The lowest BCUT2D eigenvalue weighted by Crippen LogP contribution is -2.35. The number of hydrogen-bond donors (Lipinski definition) is 1. The van der Waals surface area contributed by atoms with Crippen molar-refractivity contribution in [2.45, 2.75) is 27.2 Å². The number of amides is 1. The number of rotatable bonds is 2. The topological polar surface area (TPSA) is 57.6 Å². The SMILES string of the molecule is C/C=C(\C)C(=O)N1CC[C@@](C)(C(=O)O)C1. The van der Waals surface area contributed by atoms with Crippen molar-refractivity contribution in [3.8, 4) is 0 Å². The number of carboxylic acids is 1. The molecule has 1 heterocycles. The van der Waals surface area contributed by atoms with E-state index in [1.807, 2.05) is 0 Å². The Hall–Kier alpha value is -1.32. The summed E-state index contributed by atoms with van der Waals surface area (Å²) in [6.45, 7) is 6.09. The fourth-order valence-electron chi connectivity index (χ4n) is 1.68. The van der Waals surface area contributed by atoms with Crippen LogP contribution in [0.5, 0.6) is 0 Å². The summed E-state index contributed by atoms with van der Waals surface area (Å²) in [6, 6.07) is 0. The van der Waals surface area contributed by atoms with E-state index in [-0.39, 0.29) is 5.91 Å². The second-order valence-corrected chi connectivity index (χ2v) is 4.31. The summed E-state index contributed by atoms with van der Waals surface area (Å²) < 4.78 is 0. The zero-order valence-electron chi connectivity index (χ0n) is 9.41. The Morgan fingerprint density at radius 1 is 1.47 bits per heavy atom. The van der Waals surface area contributed by atoms with Crippen LogP contribution in [0.4, 0.5) is 0 Å². The summed E-state index contributed by atoms with van der Waals surface area (Å²) in [4.78, 5) is 24.3. The van der Waals surface area contributed by atoms with Gasteiger partial charge in [-0.2, -0.15) is 0 Å². The molecule has 1 atom stereocenters. The third-order valence-corrected chi connectivity index (χ3v) is 3.05. The van der Waals surface area contributed by atoms with Gasteiger partial charge in [-0.1, -0.05) is 6.08 Å². The van der Waals surface area contributed by atoms with Gasteiger partial charge in [-0.15, -0.1) is 0 Å². The van der Waals surface area contributed by atoms with E-state index < -0.39 is 11.4 Å². The van der Waals surface area contributed by atoms with Gasteiger partial charge in [0.1, 0.15) is 0 Å². The predicted octanol–water partition coefficient (Wildman–Crippen LogP) is 1.28. The first-order chi connectivity index (χ1) is 6.90. The average molecular weight is 211 g/mol. The average Bonchev–Trinajstić information content (AvgIpc) is 2.60. The Morgan fingerprint density at radius 3 is 2.47 bits per heavy atom. The Labute approximate surface area is 89.6 Å². The fraction of sp³-hybridized carbons (Fsp3) is 0.636. The maximum atomic E-state index is 11.8. The normalized spacial score (nSPS) is 26.9. The Bertz CT molecular complexity index is 322. The van der Waals surface area contributed by atoms with Crippen molar-refractivity contribution in [1.29, 1.82) is 0 Å². The molecule has 0 aromatic carbocycles. The highest BCUT2D eigenvalue weighted by Crippen LogP contribution is 2.30. The number of carbonyl (C=O) groups excluding carboxylic acids is 1. The van der Waals surface area contributed by atoms with Crippen molar-refractivity contribution >= 4 is 11.9 Å². The van der Waals surface area contributed by atoms with E-state index in [4.69, 9.17) is 5.11 Å². The van der Waals surface area contributed by atoms with E-state index in [1.165, 1.54) is 0 Å². The maximum absolute atomic E-state index is 11.8. The highest BCUT2D eigenvalue weighted by Gasteiger charge is 2.42. The van der Waals surface area contributed by atoms with Crippen molar-refractivity contribution < 1.29 is 14.7 Å². The first kappa shape index (κ1) is 11.8. The number of carbonyl (C=O) groups is 2. The number of aliphatic carboxylic acids is 1. The van der Waals surface area contributed by atoms with Crippen LogP contribution < -0.4 is 0 Å². The van der Waals surface area contributed by atoms with Crippen LogP contribution in [0, 0.1) is 5.41 Å². The van der Waals surface area contributed by atoms with Gasteiger partial charge in [-0.25, -0.2) is 0 Å². The van der Waals surface area contributed by atoms with Crippen LogP contribution in [0.25, 0.3) is 0 Å². The molecule has 0 radical (unpaired) electrons. The molecule has 0 spiro atoms. The Kier molecular flexibility index (Phi) is 3.17. The van der Waals surface area contributed by atoms with Crippen molar-refractivity contribution in [1.82, 2.24) is 4.90 Å². The lowest BCUT2D eigenvalue weighted by atomic mass is 9.90. The van der Waals surface area contributed by atoms with Crippen LogP contribution in [0.15, 0.2) is 11.6 Å². The molecule has 1 rings (SSSR count). The summed E-state index contributed by atoms with van der Waals surface area (Å²) in [5.74, 6) is -0.876. The predicted molar refractivity (Wildman–Crippen MR) is 56.4 cm³/mol. The van der Waals surface area contributed by atoms with Crippen molar-refractivity contribution in [3.05, 3.63) is 11.6 Å². The summed E-state index contributed by atoms with van der Waals surface area (Å²) in [6.07, 6.45) is 2.28. The van der Waals surface area contributed by atoms with Crippen LogP contribution in [-0.4, -0.2) is 35.0 Å². The van der Waals surface area contributed by atoms with E-state index in [0.29, 0.717) is 25.1 Å². The zero-order valence-corrected chi connectivity index (χ0v) is 9.41. The van der Waals surface area contributed by atoms with E-state index >= 15 is 0 Å². The molecule has 4 heteroatoms. The van der Waals surface area contributed by atoms with Crippen LogP contribution in [-0.2, 0) is 9.59 Å². The van der Waals surface area contributed by atoms with Crippen LogP contribution in [0.2, 0.25) is 0 Å². The molecule has 0 aliphatic carbocycles. The number of hydrogen-bond acceptors (Lipinski definition) is 2. The van der Waals surface area contributed by atoms with Crippen molar-refractivity contribution in [2.75, 3.05) is 13.1 Å². The molecule has 1 saturated heterocycles. The molecule has 0 aromatic rings. The van der Waals surface area contributed by atoms with Gasteiger partial charge in [0.15, 0.2) is 0 Å². The number of nitrogens with zero attached hydrogens (tertiary/aromatic N) is 1. The molecule has 1 fully saturated rings. The maximum Gasteiger partial charge on any atom is 0.311 e. The van der Waals surface area contributed by atoms with E-state index in [9.17, 15) is 9.59 Å². The molecule has 1 N–H and O–H groups in total. The monoisotopic (exact) mass is 211 g/mol. The molecule has 15 heavy (non-hydrogen) atoms. The minimum Gasteiger partial charge on any atom is -0.481 e. The molecule has 1 amide bonds. The van der Waals surface area contributed by atoms with Crippen LogP contribution in [0.1, 0.15) is 27.2 Å². The summed E-state index contributed by atoms with van der Waals surface area (Å²) in [5, 5.41) is 9.02. The van der Waals surface area contributed by atoms with Crippen LogP contribution in [0.3, 0.4) is 0 Å². The summed E-state index contributed by atoms with van der Waals surface area (Å²) in [7, 11) is 0. The third-order valence-electron chi connectivity index (χ3n) is 3.05. The molecule has 1 aliphatic heterocycles. The second-order valence-electron chi connectivity index (χ2n) is 4.31. The van der Waals surface area contributed by atoms with Crippen molar-refractivity contribution in [3.63, 3.8) is 0 Å². The fourth-order valence-corrected chi connectivity index (χ4v) is 1.68. The number of allylic oxidation sites excluding steroid dienone is 1. The molecule has 0 unspecified atom stereocenters. The van der Waals surface area contributed by atoms with Gasteiger partial charge in [0.05, 0.1) is 5.41 Å². The molecular formula is C11H17NO3. The second kappa shape index (κ2) is 4.04. The van der Waals surface area contributed by atoms with Gasteiger partial charge < -0.3 is 10.0 Å². The van der Waals surface area contributed by atoms with Gasteiger partial charge in [0, 0.05) is 18.7 Å². The lowest BCUT2D eigenvalue weighted by Gasteiger charge is -2.20. The van der Waals surface area contributed by atoms with Crippen molar-refractivity contribution in [2.24, 2.45) is 5.41 Å². The third kappa shape index (κ3) is 2.19. The van der Waals surface area contributed by atoms with Gasteiger partial charge in [-0.05, 0) is 27.2 Å². The molecule has 1 aliphatic rings. The zero-order chi connectivity index (χ0) is 11.6. The molecule has 0 aromatic heterocycles. The lowest BCUT2D eigenvalue weighted by molar-refractivity contribution is -0.147. The minimum atomic E-state index is -0.823. The Morgan fingerprint density at radius 2 is 2.07 bits per heavy atom.